The molecule has 0 fully saturated rings. The second kappa shape index (κ2) is 5.76. The van der Waals surface area contributed by atoms with E-state index in [1.165, 1.54) is 11.3 Å². The largest absolute Gasteiger partial charge is 0.349 e. The second-order valence-electron chi connectivity index (χ2n) is 4.53. The van der Waals surface area contributed by atoms with Gasteiger partial charge in [0, 0.05) is 30.1 Å². The summed E-state index contributed by atoms with van der Waals surface area (Å²) in [6.07, 6.45) is 0. The molecule has 0 radical (unpaired) electrons. The topological polar surface area (TPSA) is 33.2 Å². The summed E-state index contributed by atoms with van der Waals surface area (Å²) in [6, 6.07) is 7.54. The predicted molar refractivity (Wildman–Crippen MR) is 82.5 cm³/mol. The minimum Gasteiger partial charge on any atom is -0.349 e. The van der Waals surface area contributed by atoms with Gasteiger partial charge in [0.15, 0.2) is 0 Å². The second-order valence-corrected chi connectivity index (χ2v) is 5.86. The number of hydrogen-bond acceptors (Lipinski definition) is 3. The minimum atomic E-state index is -0.207. The monoisotopic (exact) mass is 292 g/mol. The summed E-state index contributed by atoms with van der Waals surface area (Å²) in [5.41, 5.74) is 1.89. The molecule has 0 aliphatic heterocycles. The molecule has 19 heavy (non-hydrogen) atoms. The van der Waals surface area contributed by atoms with E-state index in [1.54, 1.807) is 19.0 Å². The third kappa shape index (κ3) is 3.17. The molecule has 0 bridgehead atoms. The number of hydrogen-bond donors (Lipinski definition) is 0. The highest BCUT2D eigenvalue weighted by Gasteiger charge is 2.20. The Bertz CT molecular complexity index is 583. The number of carbonyl (C=O) groups is 1. The summed E-state index contributed by atoms with van der Waals surface area (Å²) in [6.45, 7) is 0. The number of carbonyl (C=O) groups excluding carboxylic acids is 1. The first kappa shape index (κ1) is 14.1. The highest BCUT2D eigenvalue weighted by molar-refractivity contribution is 7.10. The van der Waals surface area contributed by atoms with Crippen LogP contribution in [0.1, 0.15) is 10.8 Å². The van der Waals surface area contributed by atoms with Crippen LogP contribution in [0.2, 0.25) is 5.02 Å². The van der Waals surface area contributed by atoms with Gasteiger partial charge in [0.1, 0.15) is 7.85 Å². The van der Waals surface area contributed by atoms with Gasteiger partial charge in [0.25, 0.3) is 0 Å². The summed E-state index contributed by atoms with van der Waals surface area (Å²) in [7, 11) is 5.39. The van der Waals surface area contributed by atoms with Crippen molar-refractivity contribution in [3.8, 4) is 11.3 Å². The number of benzene rings is 1. The lowest BCUT2D eigenvalue weighted by Gasteiger charge is -2.14. The van der Waals surface area contributed by atoms with Crippen molar-refractivity contribution in [2.75, 3.05) is 14.1 Å². The highest BCUT2D eigenvalue weighted by atomic mass is 35.5. The van der Waals surface area contributed by atoms with Crippen molar-refractivity contribution in [2.45, 2.75) is 5.82 Å². The van der Waals surface area contributed by atoms with Gasteiger partial charge in [-0.2, -0.15) is 0 Å². The molecule has 0 saturated carbocycles. The number of halogens is 1. The van der Waals surface area contributed by atoms with E-state index in [4.69, 9.17) is 11.6 Å². The Morgan fingerprint density at radius 2 is 2.00 bits per heavy atom. The zero-order valence-electron chi connectivity index (χ0n) is 11.1. The number of aromatic nitrogens is 1. The van der Waals surface area contributed by atoms with Crippen LogP contribution in [0.25, 0.3) is 11.3 Å². The zero-order valence-corrected chi connectivity index (χ0v) is 12.6. The number of likely N-dealkylation sites (N-methyl/N-ethyl adjacent to an activating group) is 1. The van der Waals surface area contributed by atoms with Crippen molar-refractivity contribution in [1.29, 1.82) is 0 Å². The molecular weight excluding hydrogens is 278 g/mol. The molecule has 6 heteroatoms. The van der Waals surface area contributed by atoms with Crippen LogP contribution in [0.3, 0.4) is 0 Å². The molecule has 1 heterocycles. The molecule has 1 atom stereocenters. The first-order valence-electron chi connectivity index (χ1n) is 5.91. The molecule has 1 amide bonds. The summed E-state index contributed by atoms with van der Waals surface area (Å²) < 4.78 is 0. The lowest BCUT2D eigenvalue weighted by Crippen LogP contribution is -2.28. The first-order chi connectivity index (χ1) is 8.99. The van der Waals surface area contributed by atoms with Gasteiger partial charge in [-0.05, 0) is 12.1 Å². The number of amides is 1. The zero-order chi connectivity index (χ0) is 14.0. The van der Waals surface area contributed by atoms with E-state index in [2.05, 4.69) is 4.98 Å². The van der Waals surface area contributed by atoms with E-state index in [1.807, 2.05) is 37.5 Å². The smallest absolute Gasteiger partial charge is 0.223 e. The Morgan fingerprint density at radius 3 is 2.58 bits per heavy atom. The van der Waals surface area contributed by atoms with Gasteiger partial charge in [-0.3, -0.25) is 4.79 Å². The Labute approximate surface area is 122 Å². The molecular formula is C13H14BClN2OS. The summed E-state index contributed by atoms with van der Waals surface area (Å²) >= 11 is 7.37. The van der Waals surface area contributed by atoms with E-state index in [9.17, 15) is 4.79 Å². The number of thiazole rings is 1. The molecule has 0 aliphatic carbocycles. The van der Waals surface area contributed by atoms with Crippen LogP contribution in [0.15, 0.2) is 29.6 Å². The average Bonchev–Trinajstić information content (AvgIpc) is 2.87. The van der Waals surface area contributed by atoms with Crippen molar-refractivity contribution in [1.82, 2.24) is 9.88 Å². The van der Waals surface area contributed by atoms with E-state index in [0.29, 0.717) is 5.02 Å². The van der Waals surface area contributed by atoms with Crippen molar-refractivity contribution < 1.29 is 4.79 Å². The Hall–Kier alpha value is -1.33. The first-order valence-corrected chi connectivity index (χ1v) is 7.17. The summed E-state index contributed by atoms with van der Waals surface area (Å²) in [4.78, 5) is 18.0. The molecule has 0 aliphatic rings. The van der Waals surface area contributed by atoms with Crippen LogP contribution in [-0.2, 0) is 4.79 Å². The van der Waals surface area contributed by atoms with Gasteiger partial charge in [0.2, 0.25) is 5.91 Å². The van der Waals surface area contributed by atoms with Crippen molar-refractivity contribution in [3.05, 3.63) is 39.7 Å². The number of rotatable bonds is 3. The third-order valence-electron chi connectivity index (χ3n) is 2.84. The molecule has 1 aromatic heterocycles. The fourth-order valence-electron chi connectivity index (χ4n) is 1.73. The minimum absolute atomic E-state index is 0.0667. The molecule has 2 rings (SSSR count). The number of nitrogens with zero attached hydrogens (tertiary/aromatic N) is 2. The molecule has 1 unspecified atom stereocenters. The van der Waals surface area contributed by atoms with Crippen molar-refractivity contribution in [2.24, 2.45) is 0 Å². The lowest BCUT2D eigenvalue weighted by molar-refractivity contribution is -0.128. The van der Waals surface area contributed by atoms with E-state index < -0.39 is 0 Å². The van der Waals surface area contributed by atoms with E-state index in [-0.39, 0.29) is 11.7 Å². The van der Waals surface area contributed by atoms with Gasteiger partial charge in [-0.25, -0.2) is 4.98 Å². The Kier molecular flexibility index (Phi) is 4.27. The lowest BCUT2D eigenvalue weighted by atomic mass is 9.87. The van der Waals surface area contributed by atoms with Gasteiger partial charge in [-0.1, -0.05) is 23.7 Å². The highest BCUT2D eigenvalue weighted by Crippen LogP contribution is 2.26. The quantitative estimate of drug-likeness (QED) is 0.813. The Morgan fingerprint density at radius 1 is 1.37 bits per heavy atom. The maximum atomic E-state index is 11.9. The van der Waals surface area contributed by atoms with Crippen molar-refractivity contribution in [3.63, 3.8) is 0 Å². The normalized spacial score (nSPS) is 12.2. The molecule has 0 saturated heterocycles. The summed E-state index contributed by atoms with van der Waals surface area (Å²) in [5.74, 6) is -0.141. The molecule has 2 aromatic rings. The Balaban J connectivity index is 2.24. The molecule has 1 aromatic carbocycles. The SMILES string of the molecule is BC(C(=O)N(C)C)c1nc(-c2ccc(Cl)cc2)cs1. The van der Waals surface area contributed by atoms with Crippen molar-refractivity contribution >= 4 is 36.7 Å². The standard InChI is InChI=1S/C13H14BClN2OS/c1-17(2)13(18)11(14)12-16-10(7-19-12)8-3-5-9(15)6-4-8/h3-7,11H,14H2,1-2H3. The van der Waals surface area contributed by atoms with Crippen LogP contribution in [0, 0.1) is 0 Å². The maximum Gasteiger partial charge on any atom is 0.223 e. The van der Waals surface area contributed by atoms with Crippen LogP contribution in [-0.4, -0.2) is 37.7 Å². The fraction of sp³-hybridized carbons (Fsp3) is 0.231. The van der Waals surface area contributed by atoms with E-state index in [0.717, 1.165) is 16.3 Å². The average molecular weight is 293 g/mol. The predicted octanol–water partition coefficient (Wildman–Crippen LogP) is 2.23. The van der Waals surface area contributed by atoms with Crippen LogP contribution in [0.4, 0.5) is 0 Å². The van der Waals surface area contributed by atoms with Crippen LogP contribution < -0.4 is 0 Å². The molecule has 98 valence electrons. The van der Waals surface area contributed by atoms with Gasteiger partial charge in [0.05, 0.1) is 16.5 Å². The van der Waals surface area contributed by atoms with Crippen LogP contribution >= 0.6 is 22.9 Å². The van der Waals surface area contributed by atoms with Crippen LogP contribution in [0.5, 0.6) is 0 Å². The molecule has 3 nitrogen and oxygen atoms in total. The van der Waals surface area contributed by atoms with Gasteiger partial charge >= 0.3 is 0 Å². The van der Waals surface area contributed by atoms with Gasteiger partial charge < -0.3 is 4.90 Å². The van der Waals surface area contributed by atoms with Gasteiger partial charge in [-0.15, -0.1) is 11.3 Å². The third-order valence-corrected chi connectivity index (χ3v) is 4.12. The maximum absolute atomic E-state index is 11.9. The molecule has 0 N–H and O–H groups in total. The fourth-order valence-corrected chi connectivity index (χ4v) is 2.74. The molecule has 0 spiro atoms. The van der Waals surface area contributed by atoms with E-state index >= 15 is 0 Å². The summed E-state index contributed by atoms with van der Waals surface area (Å²) in [5, 5.41) is 3.51.